The molecule has 5 nitrogen and oxygen atoms in total. The van der Waals surface area contributed by atoms with Gasteiger partial charge in [-0.25, -0.2) is 9.78 Å². The van der Waals surface area contributed by atoms with Crippen molar-refractivity contribution in [2.75, 3.05) is 17.3 Å². The van der Waals surface area contributed by atoms with Crippen LogP contribution in [0.3, 0.4) is 0 Å². The van der Waals surface area contributed by atoms with Gasteiger partial charge in [0, 0.05) is 18.8 Å². The van der Waals surface area contributed by atoms with Crippen LogP contribution in [0.15, 0.2) is 12.4 Å². The van der Waals surface area contributed by atoms with E-state index in [0.29, 0.717) is 5.82 Å². The standard InChI is InChI=1S/C12H19N3O2S/c1-12(2,3)17-11(16)15-10-9(5-8-18-4)13-6-7-14-10/h6-7H,5,8H2,1-4H3,(H,14,15,16). The van der Waals surface area contributed by atoms with Crippen LogP contribution in [-0.4, -0.2) is 33.7 Å². The highest BCUT2D eigenvalue weighted by Crippen LogP contribution is 2.13. The molecular formula is C12H19N3O2S. The van der Waals surface area contributed by atoms with E-state index in [1.165, 1.54) is 0 Å². The highest BCUT2D eigenvalue weighted by Gasteiger charge is 2.17. The lowest BCUT2D eigenvalue weighted by molar-refractivity contribution is 0.0635. The van der Waals surface area contributed by atoms with Crippen LogP contribution >= 0.6 is 11.8 Å². The van der Waals surface area contributed by atoms with Crippen molar-refractivity contribution in [3.63, 3.8) is 0 Å². The minimum atomic E-state index is -0.522. The minimum Gasteiger partial charge on any atom is -0.444 e. The molecule has 0 fully saturated rings. The van der Waals surface area contributed by atoms with Crippen molar-refractivity contribution < 1.29 is 9.53 Å². The molecule has 0 radical (unpaired) electrons. The number of hydrogen-bond donors (Lipinski definition) is 1. The Bertz CT molecular complexity index is 405. The number of carbonyl (C=O) groups excluding carboxylic acids is 1. The lowest BCUT2D eigenvalue weighted by Gasteiger charge is -2.19. The van der Waals surface area contributed by atoms with Crippen LogP contribution in [-0.2, 0) is 11.2 Å². The van der Waals surface area contributed by atoms with E-state index in [-0.39, 0.29) is 0 Å². The fourth-order valence-corrected chi connectivity index (χ4v) is 1.65. The number of hydrogen-bond acceptors (Lipinski definition) is 5. The van der Waals surface area contributed by atoms with Crippen molar-refractivity contribution in [3.8, 4) is 0 Å². The molecule has 6 heteroatoms. The van der Waals surface area contributed by atoms with E-state index >= 15 is 0 Å². The second-order valence-corrected chi connectivity index (χ2v) is 5.71. The first kappa shape index (κ1) is 14.8. The van der Waals surface area contributed by atoms with Crippen molar-refractivity contribution in [1.29, 1.82) is 0 Å². The Morgan fingerprint density at radius 3 is 2.67 bits per heavy atom. The number of amides is 1. The quantitative estimate of drug-likeness (QED) is 0.910. The molecule has 0 saturated carbocycles. The highest BCUT2D eigenvalue weighted by atomic mass is 32.2. The Kier molecular flexibility index (Phi) is 5.40. The van der Waals surface area contributed by atoms with Crippen LogP contribution in [0.5, 0.6) is 0 Å². The molecule has 0 aliphatic carbocycles. The first-order valence-electron chi connectivity index (χ1n) is 5.71. The van der Waals surface area contributed by atoms with Crippen molar-refractivity contribution in [1.82, 2.24) is 9.97 Å². The zero-order valence-corrected chi connectivity index (χ0v) is 12.0. The molecule has 1 amide bonds. The fraction of sp³-hybridized carbons (Fsp3) is 0.583. The van der Waals surface area contributed by atoms with Crippen LogP contribution < -0.4 is 5.32 Å². The van der Waals surface area contributed by atoms with E-state index in [2.05, 4.69) is 15.3 Å². The van der Waals surface area contributed by atoms with Gasteiger partial charge in [-0.15, -0.1) is 0 Å². The SMILES string of the molecule is CSCCc1nccnc1NC(=O)OC(C)(C)C. The maximum Gasteiger partial charge on any atom is 0.413 e. The molecule has 0 aromatic carbocycles. The Labute approximate surface area is 112 Å². The summed E-state index contributed by atoms with van der Waals surface area (Å²) in [6.45, 7) is 5.45. The van der Waals surface area contributed by atoms with Gasteiger partial charge in [-0.2, -0.15) is 11.8 Å². The van der Waals surface area contributed by atoms with Crippen LogP contribution in [0, 0.1) is 0 Å². The summed E-state index contributed by atoms with van der Waals surface area (Å²) in [5, 5.41) is 2.63. The van der Waals surface area contributed by atoms with Crippen molar-refractivity contribution >= 4 is 23.7 Å². The number of nitrogens with zero attached hydrogens (tertiary/aromatic N) is 2. The number of ether oxygens (including phenoxy) is 1. The molecular weight excluding hydrogens is 250 g/mol. The zero-order chi connectivity index (χ0) is 13.6. The molecule has 100 valence electrons. The summed E-state index contributed by atoms with van der Waals surface area (Å²) in [5.74, 6) is 1.41. The number of nitrogens with one attached hydrogen (secondary N) is 1. The first-order chi connectivity index (χ1) is 8.42. The third kappa shape index (κ3) is 5.35. The third-order valence-corrected chi connectivity index (χ3v) is 2.55. The van der Waals surface area contributed by atoms with E-state index in [4.69, 9.17) is 4.74 Å². The number of anilines is 1. The van der Waals surface area contributed by atoms with E-state index < -0.39 is 11.7 Å². The number of aromatic nitrogens is 2. The summed E-state index contributed by atoms with van der Waals surface area (Å²) < 4.78 is 5.18. The summed E-state index contributed by atoms with van der Waals surface area (Å²) in [6, 6.07) is 0. The summed E-state index contributed by atoms with van der Waals surface area (Å²) in [6.07, 6.45) is 5.45. The van der Waals surface area contributed by atoms with E-state index in [0.717, 1.165) is 17.9 Å². The zero-order valence-electron chi connectivity index (χ0n) is 11.2. The maximum atomic E-state index is 11.6. The molecule has 0 unspecified atom stereocenters. The molecule has 1 N–H and O–H groups in total. The molecule has 1 aromatic rings. The Hall–Kier alpha value is -1.30. The van der Waals surface area contributed by atoms with Gasteiger partial charge in [0.05, 0.1) is 5.69 Å². The van der Waals surface area contributed by atoms with Gasteiger partial charge in [0.25, 0.3) is 0 Å². The molecule has 0 aliphatic heterocycles. The van der Waals surface area contributed by atoms with Crippen molar-refractivity contribution in [2.45, 2.75) is 32.8 Å². The molecule has 0 atom stereocenters. The smallest absolute Gasteiger partial charge is 0.413 e. The normalized spacial score (nSPS) is 11.1. The van der Waals surface area contributed by atoms with Crippen molar-refractivity contribution in [2.24, 2.45) is 0 Å². The van der Waals surface area contributed by atoms with Gasteiger partial charge in [0.2, 0.25) is 0 Å². The number of carbonyl (C=O) groups is 1. The predicted octanol–water partition coefficient (Wildman–Crippen LogP) is 2.73. The molecule has 0 bridgehead atoms. The summed E-state index contributed by atoms with van der Waals surface area (Å²) in [7, 11) is 0. The van der Waals surface area contributed by atoms with Gasteiger partial charge in [-0.3, -0.25) is 10.3 Å². The Balaban J connectivity index is 2.68. The first-order valence-corrected chi connectivity index (χ1v) is 7.10. The average molecular weight is 269 g/mol. The van der Waals surface area contributed by atoms with Crippen LogP contribution in [0.4, 0.5) is 10.6 Å². The molecule has 0 aliphatic rings. The molecule has 0 spiro atoms. The fourth-order valence-electron chi connectivity index (χ4n) is 1.25. The number of thioether (sulfide) groups is 1. The van der Waals surface area contributed by atoms with Crippen LogP contribution in [0.2, 0.25) is 0 Å². The van der Waals surface area contributed by atoms with E-state index in [1.807, 2.05) is 27.0 Å². The summed E-state index contributed by atoms with van der Waals surface area (Å²) in [4.78, 5) is 20.0. The topological polar surface area (TPSA) is 64.1 Å². The minimum absolute atomic E-state index is 0.473. The molecule has 1 rings (SSSR count). The highest BCUT2D eigenvalue weighted by molar-refractivity contribution is 7.98. The van der Waals surface area contributed by atoms with Crippen molar-refractivity contribution in [3.05, 3.63) is 18.1 Å². The number of rotatable bonds is 4. The van der Waals surface area contributed by atoms with E-state index in [1.54, 1.807) is 24.2 Å². The average Bonchev–Trinajstić information content (AvgIpc) is 2.25. The van der Waals surface area contributed by atoms with Gasteiger partial charge >= 0.3 is 6.09 Å². The lowest BCUT2D eigenvalue weighted by Crippen LogP contribution is -2.28. The Morgan fingerprint density at radius 1 is 1.39 bits per heavy atom. The summed E-state index contributed by atoms with van der Waals surface area (Å²) in [5.41, 5.74) is 0.254. The molecule has 1 heterocycles. The Morgan fingerprint density at radius 2 is 2.06 bits per heavy atom. The van der Waals surface area contributed by atoms with Gasteiger partial charge in [0.15, 0.2) is 5.82 Å². The maximum absolute atomic E-state index is 11.6. The predicted molar refractivity (Wildman–Crippen MR) is 74.0 cm³/mol. The second-order valence-electron chi connectivity index (χ2n) is 4.72. The number of aryl methyl sites for hydroxylation is 1. The van der Waals surface area contributed by atoms with Gasteiger partial charge < -0.3 is 4.74 Å². The third-order valence-electron chi connectivity index (χ3n) is 1.94. The second kappa shape index (κ2) is 6.58. The van der Waals surface area contributed by atoms with Crippen LogP contribution in [0.25, 0.3) is 0 Å². The van der Waals surface area contributed by atoms with E-state index in [9.17, 15) is 4.79 Å². The molecule has 1 aromatic heterocycles. The van der Waals surface area contributed by atoms with Gasteiger partial charge in [0.1, 0.15) is 5.60 Å². The van der Waals surface area contributed by atoms with Crippen LogP contribution in [0.1, 0.15) is 26.5 Å². The molecule has 18 heavy (non-hydrogen) atoms. The van der Waals surface area contributed by atoms with Gasteiger partial charge in [-0.05, 0) is 32.8 Å². The van der Waals surface area contributed by atoms with Gasteiger partial charge in [-0.1, -0.05) is 0 Å². The monoisotopic (exact) mass is 269 g/mol. The molecule has 0 saturated heterocycles. The summed E-state index contributed by atoms with van der Waals surface area (Å²) >= 11 is 1.72. The largest absolute Gasteiger partial charge is 0.444 e. The lowest BCUT2D eigenvalue weighted by atomic mass is 10.2.